The maximum atomic E-state index is 11.7. The number of carbonyl (C=O) groups excluding carboxylic acids is 1. The Morgan fingerprint density at radius 2 is 1.95 bits per heavy atom. The summed E-state index contributed by atoms with van der Waals surface area (Å²) in [6.45, 7) is 15.2. The van der Waals surface area contributed by atoms with E-state index in [-0.39, 0.29) is 16.9 Å². The Morgan fingerprint density at radius 1 is 1.35 bits per heavy atom. The molecule has 0 aliphatic heterocycles. The number of ether oxygens (including phenoxy) is 1. The molecule has 4 fully saturated rings. The fourth-order valence-corrected chi connectivity index (χ4v) is 5.45. The van der Waals surface area contributed by atoms with Gasteiger partial charge in [0.25, 0.3) is 0 Å². The van der Waals surface area contributed by atoms with Gasteiger partial charge in [0.05, 0.1) is 0 Å². The van der Waals surface area contributed by atoms with E-state index < -0.39 is 5.60 Å². The lowest BCUT2D eigenvalue weighted by molar-refractivity contribution is -0.194. The minimum absolute atomic E-state index is 0.0136. The summed E-state index contributed by atoms with van der Waals surface area (Å²) >= 11 is 0. The van der Waals surface area contributed by atoms with Gasteiger partial charge in [-0.2, -0.15) is 0 Å². The number of carbonyl (C=O) groups is 1. The van der Waals surface area contributed by atoms with Gasteiger partial charge in [-0.15, -0.1) is 0 Å². The van der Waals surface area contributed by atoms with Crippen molar-refractivity contribution in [3.05, 3.63) is 24.1 Å². The third-order valence-electron chi connectivity index (χ3n) is 6.07. The van der Waals surface area contributed by atoms with Crippen molar-refractivity contribution in [3.63, 3.8) is 0 Å². The Bertz CT molecular complexity index is 486. The summed E-state index contributed by atoms with van der Waals surface area (Å²) in [6.07, 6.45) is 7.74. The van der Waals surface area contributed by atoms with Gasteiger partial charge in [0, 0.05) is 30.8 Å². The van der Waals surface area contributed by atoms with E-state index in [1.165, 1.54) is 12.5 Å². The van der Waals surface area contributed by atoms with E-state index in [9.17, 15) is 4.79 Å². The Morgan fingerprint density at radius 3 is 2.45 bits per heavy atom. The van der Waals surface area contributed by atoms with Crippen LogP contribution in [0.25, 0.3) is 4.85 Å². The Hall–Kier alpha value is -1.30. The molecule has 0 radical (unpaired) electrons. The first kappa shape index (κ1) is 13.7. The van der Waals surface area contributed by atoms with Crippen molar-refractivity contribution in [1.82, 2.24) is 0 Å². The van der Waals surface area contributed by atoms with Crippen molar-refractivity contribution in [3.8, 4) is 0 Å². The van der Waals surface area contributed by atoms with Gasteiger partial charge in [-0.05, 0) is 44.9 Å². The first-order chi connectivity index (χ1) is 9.34. The van der Waals surface area contributed by atoms with Crippen LogP contribution in [0.1, 0.15) is 52.4 Å². The van der Waals surface area contributed by atoms with E-state index in [1.807, 2.05) is 13.8 Å². The molecule has 3 heteroatoms. The maximum Gasteiger partial charge on any atom is 0.330 e. The van der Waals surface area contributed by atoms with Crippen LogP contribution in [0, 0.1) is 23.8 Å². The van der Waals surface area contributed by atoms with Crippen LogP contribution in [-0.2, 0) is 9.53 Å². The first-order valence-electron chi connectivity index (χ1n) is 7.58. The topological polar surface area (TPSA) is 30.7 Å². The van der Waals surface area contributed by atoms with Gasteiger partial charge < -0.3 is 9.58 Å². The van der Waals surface area contributed by atoms with E-state index in [2.05, 4.69) is 11.4 Å². The normalized spacial score (nSPS) is 42.0. The predicted molar refractivity (Wildman–Crippen MR) is 76.8 cm³/mol. The summed E-state index contributed by atoms with van der Waals surface area (Å²) in [5.41, 5.74) is -0.700. The molecule has 0 spiro atoms. The zero-order valence-corrected chi connectivity index (χ0v) is 12.4. The van der Waals surface area contributed by atoms with Crippen LogP contribution in [-0.4, -0.2) is 17.1 Å². The quantitative estimate of drug-likeness (QED) is 0.445. The van der Waals surface area contributed by atoms with Gasteiger partial charge in [0.15, 0.2) is 0 Å². The number of esters is 1. The monoisotopic (exact) mass is 273 g/mol. The highest BCUT2D eigenvalue weighted by Gasteiger charge is 2.66. The summed E-state index contributed by atoms with van der Waals surface area (Å²) in [5.74, 6) is 0.946. The highest BCUT2D eigenvalue weighted by atomic mass is 16.6. The number of hydrogen-bond donors (Lipinski definition) is 0. The van der Waals surface area contributed by atoms with Gasteiger partial charge >= 0.3 is 5.97 Å². The van der Waals surface area contributed by atoms with Gasteiger partial charge in [-0.1, -0.05) is 6.58 Å². The standard InChI is InChI=1S/C17H23NO2/c1-5-14(19)20-15(2,3)16-7-12-6-13(8-16)10-17(9-12,11-16)18-4/h5,12-13H,1,6-11H2,2-3H3. The van der Waals surface area contributed by atoms with E-state index in [4.69, 9.17) is 11.3 Å². The minimum atomic E-state index is -0.508. The predicted octanol–water partition coefficient (Wildman–Crippen LogP) is 3.75. The van der Waals surface area contributed by atoms with Crippen molar-refractivity contribution in [2.75, 3.05) is 0 Å². The molecule has 4 aliphatic carbocycles. The zero-order valence-electron chi connectivity index (χ0n) is 12.4. The van der Waals surface area contributed by atoms with Crippen LogP contribution in [0.4, 0.5) is 0 Å². The van der Waals surface area contributed by atoms with Crippen molar-refractivity contribution in [1.29, 1.82) is 0 Å². The molecule has 0 amide bonds. The molecular weight excluding hydrogens is 250 g/mol. The Balaban J connectivity index is 1.94. The lowest BCUT2D eigenvalue weighted by Gasteiger charge is -2.61. The molecule has 4 aliphatic rings. The summed E-state index contributed by atoms with van der Waals surface area (Å²) in [6, 6.07) is 0. The van der Waals surface area contributed by atoms with Crippen LogP contribution in [0.15, 0.2) is 12.7 Å². The summed E-state index contributed by atoms with van der Waals surface area (Å²) < 4.78 is 5.70. The molecule has 4 bridgehead atoms. The second kappa shape index (κ2) is 4.10. The van der Waals surface area contributed by atoms with E-state index in [0.29, 0.717) is 11.8 Å². The molecule has 0 aromatic heterocycles. The zero-order chi connectivity index (χ0) is 14.6. The third kappa shape index (κ3) is 1.81. The summed E-state index contributed by atoms with van der Waals surface area (Å²) in [5, 5.41) is 0. The summed E-state index contributed by atoms with van der Waals surface area (Å²) in [4.78, 5) is 15.7. The van der Waals surface area contributed by atoms with Crippen molar-refractivity contribution < 1.29 is 9.53 Å². The van der Waals surface area contributed by atoms with Gasteiger partial charge in [0.2, 0.25) is 5.54 Å². The Kier molecular flexibility index (Phi) is 2.80. The first-order valence-corrected chi connectivity index (χ1v) is 7.58. The van der Waals surface area contributed by atoms with Crippen molar-refractivity contribution in [2.24, 2.45) is 17.3 Å². The molecule has 0 aromatic carbocycles. The highest BCUT2D eigenvalue weighted by molar-refractivity contribution is 5.81. The van der Waals surface area contributed by atoms with Crippen LogP contribution >= 0.6 is 0 Å². The fraction of sp³-hybridized carbons (Fsp3) is 0.765. The van der Waals surface area contributed by atoms with Gasteiger partial charge in [-0.25, -0.2) is 11.4 Å². The second-order valence-electron chi connectivity index (χ2n) is 7.71. The fourth-order valence-electron chi connectivity index (χ4n) is 5.45. The van der Waals surface area contributed by atoms with Gasteiger partial charge in [-0.3, -0.25) is 0 Å². The second-order valence-corrected chi connectivity index (χ2v) is 7.71. The average Bonchev–Trinajstić information content (AvgIpc) is 2.36. The minimum Gasteiger partial charge on any atom is -0.456 e. The molecule has 20 heavy (non-hydrogen) atoms. The molecular formula is C17H23NO2. The van der Waals surface area contributed by atoms with Crippen LogP contribution in [0.5, 0.6) is 0 Å². The molecule has 0 heterocycles. The summed E-state index contributed by atoms with van der Waals surface area (Å²) in [7, 11) is 0. The van der Waals surface area contributed by atoms with E-state index >= 15 is 0 Å². The molecule has 3 nitrogen and oxygen atoms in total. The van der Waals surface area contributed by atoms with E-state index in [1.54, 1.807) is 0 Å². The molecule has 2 atom stereocenters. The number of rotatable bonds is 3. The third-order valence-corrected chi connectivity index (χ3v) is 6.07. The largest absolute Gasteiger partial charge is 0.456 e. The molecule has 4 rings (SSSR count). The molecule has 0 saturated heterocycles. The van der Waals surface area contributed by atoms with Crippen LogP contribution in [0.3, 0.4) is 0 Å². The van der Waals surface area contributed by atoms with Crippen LogP contribution in [0.2, 0.25) is 0 Å². The van der Waals surface area contributed by atoms with Gasteiger partial charge in [0.1, 0.15) is 5.60 Å². The smallest absolute Gasteiger partial charge is 0.330 e. The number of hydrogen-bond acceptors (Lipinski definition) is 2. The lowest BCUT2D eigenvalue weighted by Crippen LogP contribution is -2.62. The molecule has 108 valence electrons. The maximum absolute atomic E-state index is 11.7. The lowest BCUT2D eigenvalue weighted by atomic mass is 9.43. The molecule has 0 aromatic rings. The van der Waals surface area contributed by atoms with Crippen molar-refractivity contribution in [2.45, 2.75) is 63.5 Å². The molecule has 2 unspecified atom stereocenters. The highest BCUT2D eigenvalue weighted by Crippen LogP contribution is 2.66. The molecule has 0 N–H and O–H groups in total. The number of nitrogens with zero attached hydrogens (tertiary/aromatic N) is 1. The average molecular weight is 273 g/mol. The SMILES string of the molecule is [C-]#[N+]C12CC3CC(C1)CC(C(C)(C)OC(=O)C=C)(C3)C2. The van der Waals surface area contributed by atoms with E-state index in [0.717, 1.165) is 32.1 Å². The van der Waals surface area contributed by atoms with Crippen molar-refractivity contribution >= 4 is 5.97 Å². The Labute approximate surface area is 121 Å². The molecule has 4 saturated carbocycles. The van der Waals surface area contributed by atoms with Crippen LogP contribution < -0.4 is 0 Å².